The largest absolute Gasteiger partial charge is 0.378 e. The number of nitrogens with zero attached hydrogens (tertiary/aromatic N) is 5. The smallest absolute Gasteiger partial charge is 0.321 e. The molecule has 2 amide bonds. The molecular formula is C21H23FN6O2. The fraction of sp³-hybridized carbons (Fsp3) is 0.381. The lowest BCUT2D eigenvalue weighted by Gasteiger charge is -2.28. The molecule has 0 saturated carbocycles. The summed E-state index contributed by atoms with van der Waals surface area (Å²) in [6.45, 7) is 4.51. The van der Waals surface area contributed by atoms with Crippen LogP contribution in [0.1, 0.15) is 12.8 Å². The maximum Gasteiger partial charge on any atom is 0.321 e. The third-order valence-corrected chi connectivity index (χ3v) is 5.58. The second kappa shape index (κ2) is 7.91. The monoisotopic (exact) mass is 410 g/mol. The van der Waals surface area contributed by atoms with Crippen LogP contribution in [-0.2, 0) is 4.74 Å². The van der Waals surface area contributed by atoms with Crippen LogP contribution in [0.2, 0.25) is 0 Å². The SMILES string of the molecule is O=C(Nc1ccc(F)c(-c2cc3cc(N4CCOCC4)cnn3n2)c1)N1CCCC1. The Morgan fingerprint density at radius 3 is 2.67 bits per heavy atom. The van der Waals surface area contributed by atoms with Gasteiger partial charge in [-0.2, -0.15) is 9.73 Å². The van der Waals surface area contributed by atoms with E-state index in [2.05, 4.69) is 20.4 Å². The maximum absolute atomic E-state index is 14.6. The van der Waals surface area contributed by atoms with E-state index in [1.165, 1.54) is 10.7 Å². The molecule has 0 radical (unpaired) electrons. The molecule has 8 nitrogen and oxygen atoms in total. The molecule has 1 N–H and O–H groups in total. The average molecular weight is 410 g/mol. The molecule has 30 heavy (non-hydrogen) atoms. The zero-order valence-corrected chi connectivity index (χ0v) is 16.6. The van der Waals surface area contributed by atoms with Crippen LogP contribution in [0.3, 0.4) is 0 Å². The van der Waals surface area contributed by atoms with Crippen molar-refractivity contribution < 1.29 is 13.9 Å². The average Bonchev–Trinajstić information content (AvgIpc) is 3.45. The number of carbonyl (C=O) groups is 1. The number of benzene rings is 1. The molecule has 4 heterocycles. The molecular weight excluding hydrogens is 387 g/mol. The highest BCUT2D eigenvalue weighted by atomic mass is 19.1. The van der Waals surface area contributed by atoms with Crippen LogP contribution in [0.5, 0.6) is 0 Å². The van der Waals surface area contributed by atoms with Gasteiger partial charge < -0.3 is 19.9 Å². The van der Waals surface area contributed by atoms with Crippen LogP contribution in [-0.4, -0.2) is 65.2 Å². The quantitative estimate of drug-likeness (QED) is 0.719. The maximum atomic E-state index is 14.6. The van der Waals surface area contributed by atoms with Gasteiger partial charge >= 0.3 is 6.03 Å². The lowest BCUT2D eigenvalue weighted by molar-refractivity contribution is 0.122. The zero-order valence-electron chi connectivity index (χ0n) is 16.6. The molecule has 1 aromatic carbocycles. The molecule has 0 atom stereocenters. The Morgan fingerprint density at radius 2 is 1.87 bits per heavy atom. The van der Waals surface area contributed by atoms with Gasteiger partial charge in [0.25, 0.3) is 0 Å². The third-order valence-electron chi connectivity index (χ3n) is 5.58. The van der Waals surface area contributed by atoms with Gasteiger partial charge in [0, 0.05) is 37.4 Å². The molecule has 2 aliphatic rings. The first-order valence-corrected chi connectivity index (χ1v) is 10.2. The molecule has 0 aliphatic carbocycles. The molecule has 5 rings (SSSR count). The number of nitrogens with one attached hydrogen (secondary N) is 1. The minimum Gasteiger partial charge on any atom is -0.378 e. The van der Waals surface area contributed by atoms with Gasteiger partial charge in [0.1, 0.15) is 5.82 Å². The van der Waals surface area contributed by atoms with Crippen molar-refractivity contribution in [3.8, 4) is 11.3 Å². The second-order valence-corrected chi connectivity index (χ2v) is 7.58. The molecule has 2 saturated heterocycles. The first-order valence-electron chi connectivity index (χ1n) is 10.2. The summed E-state index contributed by atoms with van der Waals surface area (Å²) in [5.41, 5.74) is 3.11. The lowest BCUT2D eigenvalue weighted by Crippen LogP contribution is -2.36. The number of fused-ring (bicyclic) bond motifs is 1. The van der Waals surface area contributed by atoms with Gasteiger partial charge in [-0.1, -0.05) is 0 Å². The van der Waals surface area contributed by atoms with Crippen molar-refractivity contribution in [2.45, 2.75) is 12.8 Å². The Hall–Kier alpha value is -3.20. The number of rotatable bonds is 3. The van der Waals surface area contributed by atoms with Crippen molar-refractivity contribution in [2.75, 3.05) is 49.6 Å². The number of aromatic nitrogens is 3. The van der Waals surface area contributed by atoms with Crippen LogP contribution in [0.15, 0.2) is 36.5 Å². The van der Waals surface area contributed by atoms with Gasteiger partial charge in [0.15, 0.2) is 0 Å². The van der Waals surface area contributed by atoms with Gasteiger partial charge in [-0.3, -0.25) is 0 Å². The highest BCUT2D eigenvalue weighted by Gasteiger charge is 2.19. The Kier molecular flexibility index (Phi) is 4.96. The Morgan fingerprint density at radius 1 is 1.07 bits per heavy atom. The fourth-order valence-corrected chi connectivity index (χ4v) is 3.93. The minimum atomic E-state index is -0.397. The summed E-state index contributed by atoms with van der Waals surface area (Å²) in [5, 5.41) is 11.7. The summed E-state index contributed by atoms with van der Waals surface area (Å²) >= 11 is 0. The van der Waals surface area contributed by atoms with Crippen LogP contribution in [0, 0.1) is 5.82 Å². The van der Waals surface area contributed by atoms with Gasteiger partial charge in [-0.05, 0) is 43.2 Å². The topological polar surface area (TPSA) is 75.0 Å². The number of halogens is 1. The van der Waals surface area contributed by atoms with E-state index in [4.69, 9.17) is 4.74 Å². The summed E-state index contributed by atoms with van der Waals surface area (Å²) in [6, 6.07) is 8.18. The van der Waals surface area contributed by atoms with E-state index >= 15 is 0 Å². The molecule has 2 aliphatic heterocycles. The molecule has 0 spiro atoms. The number of ether oxygens (including phenoxy) is 1. The van der Waals surface area contributed by atoms with Crippen molar-refractivity contribution in [1.82, 2.24) is 19.7 Å². The summed E-state index contributed by atoms with van der Waals surface area (Å²) < 4.78 is 21.5. The normalized spacial score (nSPS) is 17.0. The number of carbonyl (C=O) groups excluding carboxylic acids is 1. The van der Waals surface area contributed by atoms with Crippen LogP contribution in [0.4, 0.5) is 20.6 Å². The van der Waals surface area contributed by atoms with Crippen molar-refractivity contribution in [1.29, 1.82) is 0 Å². The number of likely N-dealkylation sites (tertiary alicyclic amines) is 1. The predicted molar refractivity (Wildman–Crippen MR) is 111 cm³/mol. The minimum absolute atomic E-state index is 0.156. The number of anilines is 2. The van der Waals surface area contributed by atoms with Crippen molar-refractivity contribution >= 4 is 22.9 Å². The third kappa shape index (κ3) is 3.68. The summed E-state index contributed by atoms with van der Waals surface area (Å²) in [4.78, 5) is 16.3. The number of hydrogen-bond donors (Lipinski definition) is 1. The Bertz CT molecular complexity index is 1070. The van der Waals surface area contributed by atoms with Crippen molar-refractivity contribution in [3.05, 3.63) is 42.3 Å². The Balaban J connectivity index is 1.41. The molecule has 0 unspecified atom stereocenters. The number of amides is 2. The number of morpholine rings is 1. The molecule has 9 heteroatoms. The van der Waals surface area contributed by atoms with Gasteiger partial charge in [0.05, 0.1) is 36.3 Å². The van der Waals surface area contributed by atoms with Crippen molar-refractivity contribution in [2.24, 2.45) is 0 Å². The van der Waals surface area contributed by atoms with Gasteiger partial charge in [-0.25, -0.2) is 9.18 Å². The molecule has 156 valence electrons. The van der Waals surface area contributed by atoms with Crippen molar-refractivity contribution in [3.63, 3.8) is 0 Å². The highest BCUT2D eigenvalue weighted by Crippen LogP contribution is 2.27. The standard InChI is InChI=1S/C21H23FN6O2/c22-19-4-3-15(24-21(29)27-5-1-2-6-27)11-18(19)20-13-16-12-17(14-23-28(16)25-20)26-7-9-30-10-8-26/h3-4,11-14H,1-2,5-10H2,(H,24,29). The summed E-state index contributed by atoms with van der Waals surface area (Å²) in [5.74, 6) is -0.397. The van der Waals surface area contributed by atoms with Crippen LogP contribution < -0.4 is 10.2 Å². The molecule has 2 fully saturated rings. The highest BCUT2D eigenvalue weighted by molar-refractivity contribution is 5.90. The van der Waals surface area contributed by atoms with E-state index in [-0.39, 0.29) is 6.03 Å². The fourth-order valence-electron chi connectivity index (χ4n) is 3.93. The summed E-state index contributed by atoms with van der Waals surface area (Å²) in [6.07, 6.45) is 3.80. The number of urea groups is 1. The van der Waals surface area contributed by atoms with Crippen LogP contribution in [0.25, 0.3) is 16.8 Å². The lowest BCUT2D eigenvalue weighted by atomic mass is 10.1. The van der Waals surface area contributed by atoms with E-state index in [1.807, 2.05) is 6.07 Å². The molecule has 2 aromatic heterocycles. The molecule has 0 bridgehead atoms. The zero-order chi connectivity index (χ0) is 20.5. The van der Waals surface area contributed by atoms with E-state index in [0.29, 0.717) is 30.2 Å². The molecule has 3 aromatic rings. The van der Waals surface area contributed by atoms with E-state index in [9.17, 15) is 9.18 Å². The first kappa shape index (κ1) is 18.8. The summed E-state index contributed by atoms with van der Waals surface area (Å²) in [7, 11) is 0. The van der Waals surface area contributed by atoms with Gasteiger partial charge in [-0.15, -0.1) is 5.10 Å². The van der Waals surface area contributed by atoms with E-state index in [0.717, 1.165) is 50.2 Å². The first-order chi connectivity index (χ1) is 14.7. The predicted octanol–water partition coefficient (Wildman–Crippen LogP) is 3.00. The number of hydrogen-bond acceptors (Lipinski definition) is 5. The van der Waals surface area contributed by atoms with E-state index in [1.54, 1.807) is 29.3 Å². The van der Waals surface area contributed by atoms with E-state index < -0.39 is 5.82 Å². The van der Waals surface area contributed by atoms with Crippen LogP contribution >= 0.6 is 0 Å². The Labute approximate surface area is 173 Å². The second-order valence-electron chi connectivity index (χ2n) is 7.58. The van der Waals surface area contributed by atoms with Gasteiger partial charge in [0.2, 0.25) is 0 Å².